The van der Waals surface area contributed by atoms with Gasteiger partial charge in [-0.25, -0.2) is 0 Å². The van der Waals surface area contributed by atoms with E-state index in [0.717, 1.165) is 38.7 Å². The van der Waals surface area contributed by atoms with E-state index in [1.165, 1.54) is 6.42 Å². The van der Waals surface area contributed by atoms with Crippen LogP contribution in [0.4, 0.5) is 0 Å². The maximum absolute atomic E-state index is 12.1. The van der Waals surface area contributed by atoms with Crippen molar-refractivity contribution in [2.75, 3.05) is 13.2 Å². The van der Waals surface area contributed by atoms with Gasteiger partial charge in [0.15, 0.2) is 0 Å². The molecule has 0 aromatic rings. The highest BCUT2D eigenvalue weighted by atomic mass is 16.5. The first-order chi connectivity index (χ1) is 9.66. The Bertz CT molecular complexity index is 339. The highest BCUT2D eigenvalue weighted by molar-refractivity contribution is 5.80. The Morgan fingerprint density at radius 3 is 2.60 bits per heavy atom. The lowest BCUT2D eigenvalue weighted by molar-refractivity contribution is -0.144. The van der Waals surface area contributed by atoms with Gasteiger partial charge in [-0.05, 0) is 44.9 Å². The van der Waals surface area contributed by atoms with E-state index in [0.29, 0.717) is 19.4 Å². The van der Waals surface area contributed by atoms with Crippen LogP contribution in [0.1, 0.15) is 51.4 Å². The molecular weight excluding hydrogens is 258 g/mol. The monoisotopic (exact) mass is 283 g/mol. The van der Waals surface area contributed by atoms with E-state index >= 15 is 0 Å². The van der Waals surface area contributed by atoms with Crippen LogP contribution in [-0.4, -0.2) is 36.2 Å². The van der Waals surface area contributed by atoms with Crippen molar-refractivity contribution in [3.63, 3.8) is 0 Å². The Labute approximate surface area is 120 Å². The van der Waals surface area contributed by atoms with Gasteiger partial charge in [0.25, 0.3) is 0 Å². The minimum atomic E-state index is -0.766. The molecule has 1 aliphatic carbocycles. The minimum Gasteiger partial charge on any atom is -0.481 e. The third-order valence-electron chi connectivity index (χ3n) is 4.43. The van der Waals surface area contributed by atoms with Crippen molar-refractivity contribution >= 4 is 11.9 Å². The predicted octanol–water partition coefficient (Wildman–Crippen LogP) is 1.95. The van der Waals surface area contributed by atoms with Crippen LogP contribution >= 0.6 is 0 Å². The number of hydrogen-bond donors (Lipinski definition) is 2. The largest absolute Gasteiger partial charge is 0.481 e. The normalized spacial score (nSPS) is 30.7. The molecule has 3 atom stereocenters. The third-order valence-corrected chi connectivity index (χ3v) is 4.43. The zero-order chi connectivity index (χ0) is 14.4. The van der Waals surface area contributed by atoms with Crippen LogP contribution in [0.5, 0.6) is 0 Å². The van der Waals surface area contributed by atoms with Crippen molar-refractivity contribution in [2.24, 2.45) is 11.8 Å². The first-order valence-corrected chi connectivity index (χ1v) is 7.79. The fraction of sp³-hybridized carbons (Fsp3) is 0.867. The average molecular weight is 283 g/mol. The average Bonchev–Trinajstić information content (AvgIpc) is 2.48. The summed E-state index contributed by atoms with van der Waals surface area (Å²) in [5.41, 5.74) is 0. The lowest BCUT2D eigenvalue weighted by Crippen LogP contribution is -2.37. The third kappa shape index (κ3) is 4.47. The number of hydrogen-bond acceptors (Lipinski definition) is 3. The Morgan fingerprint density at radius 2 is 1.90 bits per heavy atom. The van der Waals surface area contributed by atoms with Gasteiger partial charge >= 0.3 is 5.97 Å². The molecule has 3 unspecified atom stereocenters. The Morgan fingerprint density at radius 1 is 1.10 bits per heavy atom. The van der Waals surface area contributed by atoms with Crippen LogP contribution in [0, 0.1) is 11.8 Å². The summed E-state index contributed by atoms with van der Waals surface area (Å²) in [4.78, 5) is 23.1. The molecule has 5 heteroatoms. The van der Waals surface area contributed by atoms with Crippen molar-refractivity contribution in [1.29, 1.82) is 0 Å². The molecule has 1 saturated heterocycles. The number of carboxylic acid groups (broad SMARTS) is 1. The van der Waals surface area contributed by atoms with Crippen molar-refractivity contribution in [3.8, 4) is 0 Å². The summed E-state index contributed by atoms with van der Waals surface area (Å²) in [6.45, 7) is 1.47. The van der Waals surface area contributed by atoms with Crippen LogP contribution in [0.15, 0.2) is 0 Å². The van der Waals surface area contributed by atoms with Gasteiger partial charge in [-0.2, -0.15) is 0 Å². The van der Waals surface area contributed by atoms with Gasteiger partial charge in [0.2, 0.25) is 5.91 Å². The fourth-order valence-electron chi connectivity index (χ4n) is 3.19. The first kappa shape index (κ1) is 15.3. The van der Waals surface area contributed by atoms with Gasteiger partial charge < -0.3 is 15.2 Å². The second-order valence-electron chi connectivity index (χ2n) is 5.97. The standard InChI is InChI=1S/C15H25NO4/c17-14(11-4-3-5-12(10-11)15(18)19)16-8-7-13-6-1-2-9-20-13/h11-13H,1-10H2,(H,16,17)(H,18,19). The van der Waals surface area contributed by atoms with Crippen LogP contribution in [0.3, 0.4) is 0 Å². The molecule has 2 fully saturated rings. The number of carbonyl (C=O) groups is 2. The lowest BCUT2D eigenvalue weighted by Gasteiger charge is -2.26. The molecule has 1 amide bonds. The molecule has 2 N–H and O–H groups in total. The number of ether oxygens (including phenoxy) is 1. The highest BCUT2D eigenvalue weighted by Crippen LogP contribution is 2.29. The van der Waals surface area contributed by atoms with Crippen molar-refractivity contribution in [2.45, 2.75) is 57.5 Å². The maximum atomic E-state index is 12.1. The molecule has 1 aliphatic heterocycles. The molecule has 2 aliphatic rings. The van der Waals surface area contributed by atoms with Gasteiger partial charge in [-0.3, -0.25) is 9.59 Å². The van der Waals surface area contributed by atoms with Gasteiger partial charge in [-0.1, -0.05) is 6.42 Å². The van der Waals surface area contributed by atoms with E-state index in [2.05, 4.69) is 5.32 Å². The molecule has 114 valence electrons. The van der Waals surface area contributed by atoms with Gasteiger partial charge in [0.05, 0.1) is 12.0 Å². The van der Waals surface area contributed by atoms with Crippen LogP contribution < -0.4 is 5.32 Å². The molecular formula is C15H25NO4. The Hall–Kier alpha value is -1.10. The number of carboxylic acids is 1. The van der Waals surface area contributed by atoms with Crippen LogP contribution in [0.2, 0.25) is 0 Å². The van der Waals surface area contributed by atoms with E-state index in [4.69, 9.17) is 9.84 Å². The summed E-state index contributed by atoms with van der Waals surface area (Å²) < 4.78 is 5.62. The number of nitrogens with one attached hydrogen (secondary N) is 1. The Balaban J connectivity index is 1.67. The van der Waals surface area contributed by atoms with E-state index in [1.807, 2.05) is 0 Å². The van der Waals surface area contributed by atoms with Crippen LogP contribution in [-0.2, 0) is 14.3 Å². The number of carbonyl (C=O) groups excluding carboxylic acids is 1. The second-order valence-corrected chi connectivity index (χ2v) is 5.97. The molecule has 0 aromatic carbocycles. The smallest absolute Gasteiger partial charge is 0.306 e. The van der Waals surface area contributed by atoms with E-state index < -0.39 is 5.97 Å². The number of aliphatic carboxylic acids is 1. The quantitative estimate of drug-likeness (QED) is 0.808. The summed E-state index contributed by atoms with van der Waals surface area (Å²) in [7, 11) is 0. The summed E-state index contributed by atoms with van der Waals surface area (Å²) in [5, 5.41) is 12.0. The number of amides is 1. The van der Waals surface area contributed by atoms with E-state index in [9.17, 15) is 9.59 Å². The fourth-order valence-corrected chi connectivity index (χ4v) is 3.19. The van der Waals surface area contributed by atoms with E-state index in [1.54, 1.807) is 0 Å². The molecule has 2 rings (SSSR count). The van der Waals surface area contributed by atoms with Crippen LogP contribution in [0.25, 0.3) is 0 Å². The first-order valence-electron chi connectivity index (χ1n) is 7.79. The SMILES string of the molecule is O=C(O)C1CCCC(C(=O)NCCC2CCCCO2)C1. The summed E-state index contributed by atoms with van der Waals surface area (Å²) in [5.74, 6) is -1.22. The Kier molecular flexibility index (Phi) is 5.83. The van der Waals surface area contributed by atoms with E-state index in [-0.39, 0.29) is 23.8 Å². The lowest BCUT2D eigenvalue weighted by atomic mass is 9.81. The topological polar surface area (TPSA) is 75.6 Å². The molecule has 0 spiro atoms. The number of rotatable bonds is 5. The zero-order valence-electron chi connectivity index (χ0n) is 12.0. The van der Waals surface area contributed by atoms with Gasteiger partial charge in [0, 0.05) is 19.1 Å². The minimum absolute atomic E-state index is 0.0201. The zero-order valence-corrected chi connectivity index (χ0v) is 12.0. The summed E-state index contributed by atoms with van der Waals surface area (Å²) in [6.07, 6.45) is 7.42. The predicted molar refractivity (Wildman–Crippen MR) is 74.3 cm³/mol. The van der Waals surface area contributed by atoms with Gasteiger partial charge in [-0.15, -0.1) is 0 Å². The highest BCUT2D eigenvalue weighted by Gasteiger charge is 2.30. The van der Waals surface area contributed by atoms with Crippen molar-refractivity contribution < 1.29 is 19.4 Å². The molecule has 0 radical (unpaired) electrons. The van der Waals surface area contributed by atoms with Gasteiger partial charge in [0.1, 0.15) is 0 Å². The van der Waals surface area contributed by atoms with Crippen molar-refractivity contribution in [3.05, 3.63) is 0 Å². The summed E-state index contributed by atoms with van der Waals surface area (Å²) >= 11 is 0. The molecule has 0 aromatic heterocycles. The molecule has 1 heterocycles. The second kappa shape index (κ2) is 7.62. The van der Waals surface area contributed by atoms with Crippen molar-refractivity contribution in [1.82, 2.24) is 5.32 Å². The molecule has 1 saturated carbocycles. The molecule has 0 bridgehead atoms. The maximum Gasteiger partial charge on any atom is 0.306 e. The molecule has 5 nitrogen and oxygen atoms in total. The molecule has 20 heavy (non-hydrogen) atoms. The summed E-state index contributed by atoms with van der Waals surface area (Å²) in [6, 6.07) is 0.